The lowest BCUT2D eigenvalue weighted by Gasteiger charge is -2.11. The third-order valence-electron chi connectivity index (χ3n) is 3.44. The zero-order chi connectivity index (χ0) is 17.2. The molecule has 0 fully saturated rings. The van der Waals surface area contributed by atoms with E-state index < -0.39 is 0 Å². The zero-order valence-electron chi connectivity index (χ0n) is 14.5. The molecular formula is C18H25IN4O2. The van der Waals surface area contributed by atoms with Crippen molar-refractivity contribution >= 4 is 35.8 Å². The van der Waals surface area contributed by atoms with Crippen LogP contribution >= 0.6 is 24.0 Å². The highest BCUT2D eigenvalue weighted by atomic mass is 127. The molecule has 1 aromatic carbocycles. The second-order valence-electron chi connectivity index (χ2n) is 5.23. The maximum Gasteiger partial charge on any atom is 0.251 e. The number of hydrogen-bond donors (Lipinski definition) is 3. The Bertz CT molecular complexity index is 671. The van der Waals surface area contributed by atoms with E-state index in [1.165, 1.54) is 0 Å². The molecule has 136 valence electrons. The standard InChI is InChI=1S/C18H24N4O2.HI/c1-3-20-18(22-13-16-8-5-11-24-16)21-10-9-14-6-4-7-15(12-14)17(23)19-2;/h4-8,11-12H,3,9-10,13H2,1-2H3,(H,19,23)(H2,20,21,22);1H. The van der Waals surface area contributed by atoms with Crippen LogP contribution in [0.5, 0.6) is 0 Å². The van der Waals surface area contributed by atoms with Gasteiger partial charge >= 0.3 is 0 Å². The number of guanidine groups is 1. The third kappa shape index (κ3) is 7.16. The molecule has 1 aromatic heterocycles. The molecule has 3 N–H and O–H groups in total. The Hall–Kier alpha value is -2.03. The van der Waals surface area contributed by atoms with E-state index in [-0.39, 0.29) is 29.9 Å². The summed E-state index contributed by atoms with van der Waals surface area (Å²) in [6.07, 6.45) is 2.45. The average Bonchev–Trinajstić information content (AvgIpc) is 3.12. The number of nitrogens with one attached hydrogen (secondary N) is 3. The van der Waals surface area contributed by atoms with E-state index in [0.717, 1.165) is 36.8 Å². The first-order valence-electron chi connectivity index (χ1n) is 8.08. The van der Waals surface area contributed by atoms with Crippen LogP contribution < -0.4 is 16.0 Å². The van der Waals surface area contributed by atoms with Gasteiger partial charge in [0, 0.05) is 25.7 Å². The highest BCUT2D eigenvalue weighted by Crippen LogP contribution is 2.06. The van der Waals surface area contributed by atoms with Crippen LogP contribution in [-0.2, 0) is 13.0 Å². The normalized spacial score (nSPS) is 10.7. The van der Waals surface area contributed by atoms with E-state index >= 15 is 0 Å². The van der Waals surface area contributed by atoms with Gasteiger partial charge in [-0.25, -0.2) is 4.99 Å². The monoisotopic (exact) mass is 456 g/mol. The van der Waals surface area contributed by atoms with E-state index in [2.05, 4.69) is 20.9 Å². The molecule has 0 bridgehead atoms. The first-order chi connectivity index (χ1) is 11.7. The number of carbonyl (C=O) groups is 1. The van der Waals surface area contributed by atoms with Crippen molar-refractivity contribution in [3.63, 3.8) is 0 Å². The number of benzene rings is 1. The molecule has 0 aliphatic rings. The van der Waals surface area contributed by atoms with Crippen LogP contribution in [-0.4, -0.2) is 32.0 Å². The fourth-order valence-electron chi connectivity index (χ4n) is 2.24. The Labute approximate surface area is 165 Å². The van der Waals surface area contributed by atoms with Crippen molar-refractivity contribution in [1.29, 1.82) is 0 Å². The summed E-state index contributed by atoms with van der Waals surface area (Å²) in [6, 6.07) is 11.4. The largest absolute Gasteiger partial charge is 0.467 e. The minimum atomic E-state index is -0.0711. The van der Waals surface area contributed by atoms with Gasteiger partial charge in [-0.05, 0) is 43.2 Å². The molecule has 0 saturated carbocycles. The Morgan fingerprint density at radius 2 is 2.04 bits per heavy atom. The van der Waals surface area contributed by atoms with Gasteiger partial charge in [-0.15, -0.1) is 24.0 Å². The Kier molecular flexibility index (Phi) is 9.68. The summed E-state index contributed by atoms with van der Waals surface area (Å²) in [5.74, 6) is 1.50. The predicted molar refractivity (Wildman–Crippen MR) is 110 cm³/mol. The van der Waals surface area contributed by atoms with E-state index in [9.17, 15) is 4.79 Å². The third-order valence-corrected chi connectivity index (χ3v) is 3.44. The molecule has 2 rings (SSSR count). The minimum absolute atomic E-state index is 0. The molecule has 6 nitrogen and oxygen atoms in total. The van der Waals surface area contributed by atoms with E-state index in [1.54, 1.807) is 13.3 Å². The van der Waals surface area contributed by atoms with Gasteiger partial charge in [0.25, 0.3) is 5.91 Å². The van der Waals surface area contributed by atoms with Gasteiger partial charge in [-0.2, -0.15) is 0 Å². The molecule has 25 heavy (non-hydrogen) atoms. The smallest absolute Gasteiger partial charge is 0.251 e. The molecule has 0 aliphatic heterocycles. The van der Waals surface area contributed by atoms with Gasteiger partial charge in [0.05, 0.1) is 6.26 Å². The molecule has 0 atom stereocenters. The zero-order valence-corrected chi connectivity index (χ0v) is 16.9. The first-order valence-corrected chi connectivity index (χ1v) is 8.08. The number of halogens is 1. The summed E-state index contributed by atoms with van der Waals surface area (Å²) >= 11 is 0. The van der Waals surface area contributed by atoms with Gasteiger partial charge < -0.3 is 20.4 Å². The number of aliphatic imine (C=N–C) groups is 1. The average molecular weight is 456 g/mol. The summed E-state index contributed by atoms with van der Waals surface area (Å²) in [4.78, 5) is 16.1. The molecular weight excluding hydrogens is 431 g/mol. The minimum Gasteiger partial charge on any atom is -0.467 e. The predicted octanol–water partition coefficient (Wildman–Crippen LogP) is 2.56. The molecule has 1 heterocycles. The summed E-state index contributed by atoms with van der Waals surface area (Å²) in [7, 11) is 1.63. The van der Waals surface area contributed by atoms with Crippen LogP contribution in [0.3, 0.4) is 0 Å². The van der Waals surface area contributed by atoms with E-state index in [1.807, 2.05) is 43.3 Å². The van der Waals surface area contributed by atoms with Gasteiger partial charge in [0.1, 0.15) is 12.3 Å². The number of rotatable bonds is 7. The van der Waals surface area contributed by atoms with E-state index in [4.69, 9.17) is 4.42 Å². The first kappa shape index (κ1) is 21.0. The van der Waals surface area contributed by atoms with Crippen molar-refractivity contribution in [3.8, 4) is 0 Å². The van der Waals surface area contributed by atoms with Crippen molar-refractivity contribution in [2.75, 3.05) is 20.1 Å². The van der Waals surface area contributed by atoms with Crippen LogP contribution in [0.15, 0.2) is 52.1 Å². The summed E-state index contributed by atoms with van der Waals surface area (Å²) < 4.78 is 5.28. The molecule has 0 saturated heterocycles. The van der Waals surface area contributed by atoms with Crippen LogP contribution in [0.1, 0.15) is 28.6 Å². The van der Waals surface area contributed by atoms with Crippen molar-refractivity contribution < 1.29 is 9.21 Å². The fourth-order valence-corrected chi connectivity index (χ4v) is 2.24. The van der Waals surface area contributed by atoms with Gasteiger partial charge in [0.2, 0.25) is 0 Å². The van der Waals surface area contributed by atoms with Crippen LogP contribution in [0.2, 0.25) is 0 Å². The van der Waals surface area contributed by atoms with Crippen molar-refractivity contribution in [1.82, 2.24) is 16.0 Å². The topological polar surface area (TPSA) is 78.7 Å². The van der Waals surface area contributed by atoms with Crippen molar-refractivity contribution in [2.24, 2.45) is 4.99 Å². The lowest BCUT2D eigenvalue weighted by Crippen LogP contribution is -2.38. The molecule has 0 spiro atoms. The Balaban J connectivity index is 0.00000312. The number of amides is 1. The summed E-state index contributed by atoms with van der Waals surface area (Å²) in [6.45, 7) is 4.03. The van der Waals surface area contributed by atoms with Crippen molar-refractivity contribution in [2.45, 2.75) is 19.9 Å². The highest BCUT2D eigenvalue weighted by molar-refractivity contribution is 14.0. The Morgan fingerprint density at radius 3 is 2.72 bits per heavy atom. The highest BCUT2D eigenvalue weighted by Gasteiger charge is 2.04. The number of carbonyl (C=O) groups excluding carboxylic acids is 1. The van der Waals surface area contributed by atoms with Crippen molar-refractivity contribution in [3.05, 3.63) is 59.5 Å². The number of furan rings is 1. The molecule has 2 aromatic rings. The lowest BCUT2D eigenvalue weighted by molar-refractivity contribution is 0.0963. The van der Waals surface area contributed by atoms with Crippen LogP contribution in [0.25, 0.3) is 0 Å². The lowest BCUT2D eigenvalue weighted by atomic mass is 10.1. The SMILES string of the molecule is CCNC(=NCc1ccco1)NCCc1cccc(C(=O)NC)c1.I. The fraction of sp³-hybridized carbons (Fsp3) is 0.333. The van der Waals surface area contributed by atoms with E-state index in [0.29, 0.717) is 12.1 Å². The maximum absolute atomic E-state index is 11.7. The van der Waals surface area contributed by atoms with Crippen LogP contribution in [0.4, 0.5) is 0 Å². The molecule has 0 radical (unpaired) electrons. The molecule has 0 unspecified atom stereocenters. The molecule has 0 aliphatic carbocycles. The second kappa shape index (κ2) is 11.5. The van der Waals surface area contributed by atoms with Crippen LogP contribution in [0, 0.1) is 0 Å². The van der Waals surface area contributed by atoms with Gasteiger partial charge in [-0.3, -0.25) is 4.79 Å². The number of nitrogens with zero attached hydrogens (tertiary/aromatic N) is 1. The summed E-state index contributed by atoms with van der Waals surface area (Å²) in [5, 5.41) is 9.13. The van der Waals surface area contributed by atoms with Gasteiger partial charge in [-0.1, -0.05) is 12.1 Å². The second-order valence-corrected chi connectivity index (χ2v) is 5.23. The number of hydrogen-bond acceptors (Lipinski definition) is 3. The maximum atomic E-state index is 11.7. The molecule has 1 amide bonds. The molecule has 7 heteroatoms. The summed E-state index contributed by atoms with van der Waals surface area (Å²) in [5.41, 5.74) is 1.78. The Morgan fingerprint density at radius 1 is 1.20 bits per heavy atom. The van der Waals surface area contributed by atoms with Gasteiger partial charge in [0.15, 0.2) is 5.96 Å². The quantitative estimate of drug-likeness (QED) is 0.340.